The van der Waals surface area contributed by atoms with E-state index in [9.17, 15) is 0 Å². The summed E-state index contributed by atoms with van der Waals surface area (Å²) in [5.41, 5.74) is 0. The minimum Gasteiger partial charge on any atom is -0.423 e. The summed E-state index contributed by atoms with van der Waals surface area (Å²) >= 11 is 1.44. The molecule has 0 heterocycles. The first-order chi connectivity index (χ1) is 1.91. The maximum Gasteiger partial charge on any atom is 0.308 e. The predicted molar refractivity (Wildman–Crippen MR) is 21.5 cm³/mol. The zero-order valence-corrected chi connectivity index (χ0v) is 4.17. The lowest BCUT2D eigenvalue weighted by molar-refractivity contribution is 0.623. The van der Waals surface area contributed by atoms with Crippen LogP contribution in [0.2, 0.25) is 0 Å². The molecule has 0 amide bonds. The van der Waals surface area contributed by atoms with Crippen molar-refractivity contribution in [2.24, 2.45) is 0 Å². The molecule has 0 saturated heterocycles. The third-order valence-electron chi connectivity index (χ3n) is 0.0913. The Bertz CT molecular complexity index is 10.0. The van der Waals surface area contributed by atoms with Gasteiger partial charge in [0.25, 0.3) is 0 Å². The van der Waals surface area contributed by atoms with Crippen LogP contribution in [0.15, 0.2) is 0 Å². The second kappa shape index (κ2) is 3.53. The van der Waals surface area contributed by atoms with Gasteiger partial charge < -0.3 is 4.80 Å². The molecule has 0 unspecified atom stereocenters. The minimum atomic E-state index is 0.0571. The monoisotopic (exact) mass is 92.0 g/mol. The molecule has 0 saturated carbocycles. The SMILES string of the molecule is CS[Si]O. The summed E-state index contributed by atoms with van der Waals surface area (Å²) < 4.78 is 0. The van der Waals surface area contributed by atoms with E-state index in [0.29, 0.717) is 0 Å². The normalized spacial score (nSPS) is 7.50. The third-order valence-corrected chi connectivity index (χ3v) is 0.822. The fraction of sp³-hybridized carbons (Fsp3) is 1.00. The summed E-state index contributed by atoms with van der Waals surface area (Å²) in [5.74, 6) is 0. The Balaban J connectivity index is 1.97. The van der Waals surface area contributed by atoms with Gasteiger partial charge in [-0.25, -0.2) is 0 Å². The summed E-state index contributed by atoms with van der Waals surface area (Å²) in [6, 6.07) is 0. The smallest absolute Gasteiger partial charge is 0.308 e. The molecule has 0 spiro atoms. The molecule has 0 atom stereocenters. The van der Waals surface area contributed by atoms with Crippen LogP contribution in [0.5, 0.6) is 0 Å². The second-order valence-corrected chi connectivity index (χ2v) is 2.66. The van der Waals surface area contributed by atoms with Crippen molar-refractivity contribution in [1.82, 2.24) is 0 Å². The number of hydrogen-bond acceptors (Lipinski definition) is 2. The van der Waals surface area contributed by atoms with E-state index in [0.717, 1.165) is 0 Å². The van der Waals surface area contributed by atoms with Crippen molar-refractivity contribution in [3.63, 3.8) is 0 Å². The van der Waals surface area contributed by atoms with Crippen molar-refractivity contribution in [3.05, 3.63) is 0 Å². The molecule has 0 aromatic rings. The van der Waals surface area contributed by atoms with E-state index >= 15 is 0 Å². The van der Waals surface area contributed by atoms with Crippen LogP contribution in [-0.4, -0.2) is 20.0 Å². The van der Waals surface area contributed by atoms with Gasteiger partial charge in [0.1, 0.15) is 0 Å². The van der Waals surface area contributed by atoms with E-state index < -0.39 is 0 Å². The Morgan fingerprint density at radius 2 is 2.25 bits per heavy atom. The van der Waals surface area contributed by atoms with Gasteiger partial charge in [0, 0.05) is 0 Å². The standard InChI is InChI=1S/CH4OSSi/c1-3-4-2/h2H,1H3. The Hall–Kier alpha value is 0.527. The maximum absolute atomic E-state index is 7.87. The van der Waals surface area contributed by atoms with Crippen LogP contribution < -0.4 is 0 Å². The second-order valence-electron chi connectivity index (χ2n) is 0.295. The molecule has 1 nitrogen and oxygen atoms in total. The van der Waals surface area contributed by atoms with E-state index in [-0.39, 0.29) is 8.91 Å². The molecule has 24 valence electrons. The van der Waals surface area contributed by atoms with Crippen LogP contribution >= 0.6 is 11.2 Å². The topological polar surface area (TPSA) is 20.2 Å². The van der Waals surface area contributed by atoms with E-state index in [4.69, 9.17) is 4.80 Å². The van der Waals surface area contributed by atoms with Gasteiger partial charge in [0.05, 0.1) is 0 Å². The van der Waals surface area contributed by atoms with Gasteiger partial charge in [0.15, 0.2) is 0 Å². The van der Waals surface area contributed by atoms with Gasteiger partial charge in [-0.15, -0.1) is 0 Å². The highest BCUT2D eigenvalue weighted by molar-refractivity contribution is 8.21. The van der Waals surface area contributed by atoms with Gasteiger partial charge in [-0.05, 0) is 6.26 Å². The van der Waals surface area contributed by atoms with E-state index in [1.54, 1.807) is 0 Å². The van der Waals surface area contributed by atoms with Gasteiger partial charge in [-0.3, -0.25) is 0 Å². The summed E-state index contributed by atoms with van der Waals surface area (Å²) in [6.07, 6.45) is 1.86. The average Bonchev–Trinajstić information content (AvgIpc) is 1.37. The molecular formula is CH4OSSi. The maximum atomic E-state index is 7.87. The molecule has 3 heteroatoms. The quantitative estimate of drug-likeness (QED) is 0.455. The molecule has 0 rings (SSSR count). The summed E-state index contributed by atoms with van der Waals surface area (Å²) in [7, 11) is 0.0571. The van der Waals surface area contributed by atoms with Gasteiger partial charge in [-0.1, -0.05) is 0 Å². The van der Waals surface area contributed by atoms with E-state index in [1.165, 1.54) is 11.2 Å². The fourth-order valence-corrected chi connectivity index (χ4v) is 0. The highest BCUT2D eigenvalue weighted by atomic mass is 32.4. The molecule has 0 bridgehead atoms. The summed E-state index contributed by atoms with van der Waals surface area (Å²) in [6.45, 7) is 0. The molecule has 0 aromatic heterocycles. The Kier molecular flexibility index (Phi) is 3.99. The Morgan fingerprint density at radius 3 is 2.25 bits per heavy atom. The molecule has 0 aromatic carbocycles. The van der Waals surface area contributed by atoms with Crippen molar-refractivity contribution in [2.45, 2.75) is 0 Å². The van der Waals surface area contributed by atoms with Crippen molar-refractivity contribution in [2.75, 3.05) is 6.26 Å². The molecule has 0 aliphatic carbocycles. The lowest BCUT2D eigenvalue weighted by Gasteiger charge is -1.65. The van der Waals surface area contributed by atoms with Crippen LogP contribution in [0.4, 0.5) is 0 Å². The van der Waals surface area contributed by atoms with Crippen molar-refractivity contribution in [1.29, 1.82) is 0 Å². The zero-order chi connectivity index (χ0) is 3.41. The molecule has 1 N–H and O–H groups in total. The molecule has 0 fully saturated rings. The fourth-order valence-electron chi connectivity index (χ4n) is 0. The van der Waals surface area contributed by atoms with Crippen LogP contribution in [0.25, 0.3) is 0 Å². The Morgan fingerprint density at radius 1 is 2.00 bits per heavy atom. The molecule has 2 radical (unpaired) electrons. The highest BCUT2D eigenvalue weighted by Gasteiger charge is 1.64. The average molecular weight is 92.2 g/mol. The van der Waals surface area contributed by atoms with Crippen LogP contribution in [0.3, 0.4) is 0 Å². The largest absolute Gasteiger partial charge is 0.423 e. The first kappa shape index (κ1) is 4.53. The van der Waals surface area contributed by atoms with Crippen molar-refractivity contribution in [3.8, 4) is 0 Å². The molecule has 0 aliphatic heterocycles. The lowest BCUT2D eigenvalue weighted by Crippen LogP contribution is -1.69. The number of hydrogen-bond donors (Lipinski definition) is 1. The first-order valence-corrected chi connectivity index (χ1v) is 3.73. The summed E-state index contributed by atoms with van der Waals surface area (Å²) in [4.78, 5) is 7.87. The highest BCUT2D eigenvalue weighted by Crippen LogP contribution is 1.76. The first-order valence-electron chi connectivity index (χ1n) is 0.836. The van der Waals surface area contributed by atoms with Crippen molar-refractivity contribution < 1.29 is 4.80 Å². The molecule has 0 aliphatic rings. The number of rotatable bonds is 1. The van der Waals surface area contributed by atoms with Crippen LogP contribution in [0.1, 0.15) is 0 Å². The minimum absolute atomic E-state index is 0.0571. The Labute approximate surface area is 32.0 Å². The third kappa shape index (κ3) is 2.53. The lowest BCUT2D eigenvalue weighted by atomic mass is 12.0. The van der Waals surface area contributed by atoms with Gasteiger partial charge >= 0.3 is 8.91 Å². The van der Waals surface area contributed by atoms with Crippen molar-refractivity contribution >= 4 is 20.1 Å². The van der Waals surface area contributed by atoms with Crippen LogP contribution in [-0.2, 0) is 0 Å². The predicted octanol–water partition coefficient (Wildman–Crippen LogP) is -0.124. The summed E-state index contributed by atoms with van der Waals surface area (Å²) in [5, 5.41) is 0. The molecule has 4 heavy (non-hydrogen) atoms. The zero-order valence-electron chi connectivity index (χ0n) is 2.36. The van der Waals surface area contributed by atoms with Crippen LogP contribution in [0, 0.1) is 0 Å². The van der Waals surface area contributed by atoms with E-state index in [2.05, 4.69) is 0 Å². The van der Waals surface area contributed by atoms with E-state index in [1.807, 2.05) is 6.26 Å². The van der Waals surface area contributed by atoms with Gasteiger partial charge in [-0.2, -0.15) is 11.2 Å². The molecular weight excluding hydrogens is 88.2 g/mol. The van der Waals surface area contributed by atoms with Gasteiger partial charge in [0.2, 0.25) is 0 Å².